The summed E-state index contributed by atoms with van der Waals surface area (Å²) in [5.41, 5.74) is 9.16. The second-order valence-corrected chi connectivity index (χ2v) is 5.77. The van der Waals surface area contributed by atoms with Gasteiger partial charge in [0.25, 0.3) is 0 Å². The molecule has 0 aromatic heterocycles. The van der Waals surface area contributed by atoms with Crippen molar-refractivity contribution in [3.63, 3.8) is 0 Å². The molecule has 3 rings (SSSR count). The number of benzene rings is 3. The smallest absolute Gasteiger partial charge is 0.122 e. The summed E-state index contributed by atoms with van der Waals surface area (Å²) in [6, 6.07) is 26.5. The van der Waals surface area contributed by atoms with Gasteiger partial charge in [-0.2, -0.15) is 0 Å². The maximum absolute atomic E-state index is 5.74. The fraction of sp³-hybridized carbons (Fsp3) is 0.182. The maximum atomic E-state index is 5.74. The monoisotopic (exact) mass is 333 g/mol. The lowest BCUT2D eigenvalue weighted by atomic mass is 10.1. The van der Waals surface area contributed by atoms with E-state index in [1.54, 1.807) is 0 Å². The maximum Gasteiger partial charge on any atom is 0.122 e. The quantitative estimate of drug-likeness (QED) is 0.625. The SMILES string of the molecule is NCCc1ccc(OCCOc2ccc(-c3ccccc3)cc2)cc1. The van der Waals surface area contributed by atoms with Crippen molar-refractivity contribution in [3.05, 3.63) is 84.4 Å². The fourth-order valence-corrected chi connectivity index (χ4v) is 2.61. The lowest BCUT2D eigenvalue weighted by Crippen LogP contribution is -2.09. The first-order valence-corrected chi connectivity index (χ1v) is 8.55. The van der Waals surface area contributed by atoms with Crippen molar-refractivity contribution < 1.29 is 9.47 Å². The second-order valence-electron chi connectivity index (χ2n) is 5.77. The van der Waals surface area contributed by atoms with Crippen LogP contribution in [0, 0.1) is 0 Å². The largest absolute Gasteiger partial charge is 0.490 e. The van der Waals surface area contributed by atoms with Crippen molar-refractivity contribution in [3.8, 4) is 22.6 Å². The van der Waals surface area contributed by atoms with Gasteiger partial charge in [-0.25, -0.2) is 0 Å². The Morgan fingerprint density at radius 3 is 1.68 bits per heavy atom. The Balaban J connectivity index is 1.44. The van der Waals surface area contributed by atoms with Crippen LogP contribution >= 0.6 is 0 Å². The van der Waals surface area contributed by atoms with E-state index in [1.807, 2.05) is 54.6 Å². The van der Waals surface area contributed by atoms with Crippen LogP contribution in [0.1, 0.15) is 5.56 Å². The summed E-state index contributed by atoms with van der Waals surface area (Å²) in [5.74, 6) is 1.70. The van der Waals surface area contributed by atoms with E-state index in [4.69, 9.17) is 15.2 Å². The third-order valence-electron chi connectivity index (χ3n) is 3.94. The normalized spacial score (nSPS) is 10.4. The topological polar surface area (TPSA) is 44.5 Å². The Kier molecular flexibility index (Phi) is 6.07. The third kappa shape index (κ3) is 5.10. The van der Waals surface area contributed by atoms with Gasteiger partial charge in [0, 0.05) is 0 Å². The minimum atomic E-state index is 0.509. The summed E-state index contributed by atoms with van der Waals surface area (Å²) >= 11 is 0. The summed E-state index contributed by atoms with van der Waals surface area (Å²) < 4.78 is 11.4. The zero-order chi connectivity index (χ0) is 17.3. The Morgan fingerprint density at radius 1 is 0.600 bits per heavy atom. The van der Waals surface area contributed by atoms with Gasteiger partial charge < -0.3 is 15.2 Å². The van der Waals surface area contributed by atoms with E-state index in [-0.39, 0.29) is 0 Å². The highest BCUT2D eigenvalue weighted by molar-refractivity contribution is 5.63. The first-order chi connectivity index (χ1) is 12.3. The van der Waals surface area contributed by atoms with Crippen LogP contribution < -0.4 is 15.2 Å². The fourth-order valence-electron chi connectivity index (χ4n) is 2.61. The molecule has 0 saturated carbocycles. The summed E-state index contributed by atoms with van der Waals surface area (Å²) in [7, 11) is 0. The van der Waals surface area contributed by atoms with Gasteiger partial charge >= 0.3 is 0 Å². The molecule has 0 unspecified atom stereocenters. The van der Waals surface area contributed by atoms with Crippen molar-refractivity contribution in [2.45, 2.75) is 6.42 Å². The highest BCUT2D eigenvalue weighted by atomic mass is 16.5. The molecule has 0 fully saturated rings. The molecule has 0 atom stereocenters. The van der Waals surface area contributed by atoms with Gasteiger partial charge in [-0.1, -0.05) is 54.6 Å². The third-order valence-corrected chi connectivity index (χ3v) is 3.94. The molecule has 3 nitrogen and oxygen atoms in total. The first kappa shape index (κ1) is 17.1. The zero-order valence-corrected chi connectivity index (χ0v) is 14.2. The van der Waals surface area contributed by atoms with E-state index in [1.165, 1.54) is 16.7 Å². The Morgan fingerprint density at radius 2 is 1.12 bits per heavy atom. The summed E-state index contributed by atoms with van der Waals surface area (Å²) in [5, 5.41) is 0. The van der Waals surface area contributed by atoms with E-state index < -0.39 is 0 Å². The molecule has 25 heavy (non-hydrogen) atoms. The molecule has 0 aliphatic rings. The van der Waals surface area contributed by atoms with E-state index in [2.05, 4.69) is 24.3 Å². The second kappa shape index (κ2) is 8.90. The van der Waals surface area contributed by atoms with Crippen molar-refractivity contribution in [1.29, 1.82) is 0 Å². The minimum Gasteiger partial charge on any atom is -0.490 e. The van der Waals surface area contributed by atoms with E-state index in [0.29, 0.717) is 19.8 Å². The number of hydrogen-bond acceptors (Lipinski definition) is 3. The molecule has 0 bridgehead atoms. The predicted molar refractivity (Wildman–Crippen MR) is 102 cm³/mol. The number of hydrogen-bond donors (Lipinski definition) is 1. The lowest BCUT2D eigenvalue weighted by molar-refractivity contribution is 0.217. The molecule has 0 saturated heterocycles. The van der Waals surface area contributed by atoms with Crippen molar-refractivity contribution in [1.82, 2.24) is 0 Å². The molecule has 3 aromatic rings. The summed E-state index contributed by atoms with van der Waals surface area (Å²) in [6.07, 6.45) is 0.891. The van der Waals surface area contributed by atoms with Gasteiger partial charge in [0.05, 0.1) is 0 Å². The number of rotatable bonds is 8. The molecule has 2 N–H and O–H groups in total. The first-order valence-electron chi connectivity index (χ1n) is 8.55. The van der Waals surface area contributed by atoms with Gasteiger partial charge in [-0.05, 0) is 53.9 Å². The average molecular weight is 333 g/mol. The highest BCUT2D eigenvalue weighted by Gasteiger charge is 1.99. The molecule has 0 aliphatic carbocycles. The van der Waals surface area contributed by atoms with Gasteiger partial charge in [0.15, 0.2) is 0 Å². The predicted octanol–water partition coefficient (Wildman–Crippen LogP) is 4.31. The minimum absolute atomic E-state index is 0.509. The van der Waals surface area contributed by atoms with E-state index in [0.717, 1.165) is 17.9 Å². The summed E-state index contributed by atoms with van der Waals surface area (Å²) in [6.45, 7) is 1.68. The van der Waals surface area contributed by atoms with Crippen LogP contribution in [0.4, 0.5) is 0 Å². The molecule has 0 heterocycles. The van der Waals surface area contributed by atoms with Crippen molar-refractivity contribution in [2.75, 3.05) is 19.8 Å². The van der Waals surface area contributed by atoms with E-state index >= 15 is 0 Å². The number of nitrogens with two attached hydrogens (primary N) is 1. The van der Waals surface area contributed by atoms with Crippen LogP contribution in [0.3, 0.4) is 0 Å². The van der Waals surface area contributed by atoms with Crippen LogP contribution in [0.2, 0.25) is 0 Å². The van der Waals surface area contributed by atoms with Crippen LogP contribution in [0.5, 0.6) is 11.5 Å². The van der Waals surface area contributed by atoms with E-state index in [9.17, 15) is 0 Å². The van der Waals surface area contributed by atoms with Crippen molar-refractivity contribution >= 4 is 0 Å². The van der Waals surface area contributed by atoms with Crippen molar-refractivity contribution in [2.24, 2.45) is 5.73 Å². The Labute approximate surface area is 149 Å². The molecular weight excluding hydrogens is 310 g/mol. The van der Waals surface area contributed by atoms with Crippen LogP contribution in [-0.4, -0.2) is 19.8 Å². The Bertz CT molecular complexity index is 752. The number of ether oxygens (including phenoxy) is 2. The lowest BCUT2D eigenvalue weighted by Gasteiger charge is -2.09. The van der Waals surface area contributed by atoms with Crippen LogP contribution in [-0.2, 0) is 6.42 Å². The highest BCUT2D eigenvalue weighted by Crippen LogP contribution is 2.22. The standard InChI is InChI=1S/C22H23NO2/c23-15-14-18-6-10-21(11-7-18)24-16-17-25-22-12-8-20(9-13-22)19-4-2-1-3-5-19/h1-13H,14-17,23H2. The molecule has 0 aliphatic heterocycles. The van der Waals surface area contributed by atoms with Gasteiger partial charge in [-0.3, -0.25) is 0 Å². The molecule has 3 aromatic carbocycles. The molecule has 128 valence electrons. The van der Waals surface area contributed by atoms with Gasteiger partial charge in [0.2, 0.25) is 0 Å². The van der Waals surface area contributed by atoms with Crippen LogP contribution in [0.25, 0.3) is 11.1 Å². The zero-order valence-electron chi connectivity index (χ0n) is 14.2. The average Bonchev–Trinajstić information content (AvgIpc) is 2.68. The molecule has 0 spiro atoms. The van der Waals surface area contributed by atoms with Crippen LogP contribution in [0.15, 0.2) is 78.9 Å². The van der Waals surface area contributed by atoms with Gasteiger partial charge in [0.1, 0.15) is 24.7 Å². The molecule has 3 heteroatoms. The Hall–Kier alpha value is -2.78. The molecule has 0 radical (unpaired) electrons. The summed E-state index contributed by atoms with van der Waals surface area (Å²) in [4.78, 5) is 0. The molecular formula is C22H23NO2. The molecule has 0 amide bonds. The van der Waals surface area contributed by atoms with Gasteiger partial charge in [-0.15, -0.1) is 0 Å².